The number of carbonyl (C=O) groups is 1. The van der Waals surface area contributed by atoms with Crippen molar-refractivity contribution in [2.75, 3.05) is 0 Å². The Morgan fingerprint density at radius 3 is 2.50 bits per heavy atom. The molecule has 0 N–H and O–H groups in total. The fraction of sp³-hybridized carbons (Fsp3) is 0.300. The fourth-order valence-electron chi connectivity index (χ4n) is 1.03. The molecule has 0 saturated heterocycles. The van der Waals surface area contributed by atoms with Crippen LogP contribution in [0.15, 0.2) is 30.3 Å². The zero-order valence-electron chi connectivity index (χ0n) is 6.96. The van der Waals surface area contributed by atoms with Crippen LogP contribution in [0, 0.1) is 0 Å². The van der Waals surface area contributed by atoms with E-state index in [1.54, 1.807) is 6.92 Å². The number of carbonyl (C=O) groups excluding carboxylic acids is 1. The average Bonchev–Trinajstić information content (AvgIpc) is 2.05. The molecule has 2 heteroatoms. The second-order valence-electron chi connectivity index (χ2n) is 2.78. The summed E-state index contributed by atoms with van der Waals surface area (Å²) in [6.45, 7) is 1.63. The van der Waals surface area contributed by atoms with Crippen molar-refractivity contribution in [3.8, 4) is 0 Å². The van der Waals surface area contributed by atoms with Gasteiger partial charge in [0.2, 0.25) is 0 Å². The Hall–Kier alpha value is -0.380. The Labute approximate surface area is 86.3 Å². The quantitative estimate of drug-likeness (QED) is 0.611. The topological polar surface area (TPSA) is 17.1 Å². The molecule has 0 fully saturated rings. The number of benzene rings is 1. The number of ketones is 1. The fourth-order valence-corrected chi connectivity index (χ4v) is 2.07. The van der Waals surface area contributed by atoms with Gasteiger partial charge in [-0.25, -0.2) is 0 Å². The van der Waals surface area contributed by atoms with Gasteiger partial charge in [0.15, 0.2) is 0 Å². The van der Waals surface area contributed by atoms with Crippen molar-refractivity contribution in [3.05, 3.63) is 35.9 Å². The number of hydrogen-bond donors (Lipinski definition) is 0. The van der Waals surface area contributed by atoms with Gasteiger partial charge in [0.05, 0.1) is 0 Å². The molecule has 0 aromatic heterocycles. The van der Waals surface area contributed by atoms with E-state index in [-0.39, 0.29) is 5.78 Å². The minimum absolute atomic E-state index is 0.248. The van der Waals surface area contributed by atoms with Crippen LogP contribution in [0.25, 0.3) is 0 Å². The molecular formula is C10H11IO. The van der Waals surface area contributed by atoms with Crippen LogP contribution in [-0.4, -0.2) is 5.78 Å². The number of Topliss-reactive ketones (excluding diaryl/α,β-unsaturated/α-hetero) is 1. The van der Waals surface area contributed by atoms with Gasteiger partial charge in [-0.2, -0.15) is 0 Å². The molecule has 0 heterocycles. The second kappa shape index (κ2) is 4.60. The van der Waals surface area contributed by atoms with E-state index >= 15 is 0 Å². The Kier molecular flexibility index (Phi) is 3.72. The van der Waals surface area contributed by atoms with Gasteiger partial charge < -0.3 is 0 Å². The third-order valence-electron chi connectivity index (χ3n) is 1.63. The van der Waals surface area contributed by atoms with Crippen molar-refractivity contribution in [1.29, 1.82) is 0 Å². The zero-order valence-corrected chi connectivity index (χ0v) is 9.11. The van der Waals surface area contributed by atoms with E-state index < -0.39 is 0 Å². The van der Waals surface area contributed by atoms with Crippen LogP contribution in [0.2, 0.25) is 0 Å². The average molecular weight is 274 g/mol. The van der Waals surface area contributed by atoms with Gasteiger partial charge in [-0.3, -0.25) is 4.79 Å². The first-order valence-electron chi connectivity index (χ1n) is 3.88. The molecule has 0 amide bonds. The maximum absolute atomic E-state index is 10.8. The largest absolute Gasteiger partial charge is 0.300 e. The summed E-state index contributed by atoms with van der Waals surface area (Å²) in [5.41, 5.74) is 1.23. The molecule has 1 nitrogen and oxygen atoms in total. The molecule has 1 aromatic rings. The summed E-state index contributed by atoms with van der Waals surface area (Å²) in [5, 5.41) is 0. The molecule has 1 unspecified atom stereocenters. The van der Waals surface area contributed by atoms with Crippen molar-refractivity contribution in [2.45, 2.75) is 17.3 Å². The van der Waals surface area contributed by atoms with Crippen LogP contribution in [-0.2, 0) is 4.79 Å². The van der Waals surface area contributed by atoms with E-state index in [9.17, 15) is 4.79 Å². The maximum Gasteiger partial charge on any atom is 0.131 e. The van der Waals surface area contributed by atoms with Crippen LogP contribution in [0.4, 0.5) is 0 Å². The highest BCUT2D eigenvalue weighted by molar-refractivity contribution is 14.1. The van der Waals surface area contributed by atoms with Gasteiger partial charge in [0, 0.05) is 10.3 Å². The van der Waals surface area contributed by atoms with E-state index in [4.69, 9.17) is 0 Å². The molecule has 1 aromatic carbocycles. The smallest absolute Gasteiger partial charge is 0.131 e. The Bertz CT molecular complexity index is 256. The predicted molar refractivity (Wildman–Crippen MR) is 58.5 cm³/mol. The molecule has 1 atom stereocenters. The first kappa shape index (κ1) is 9.71. The van der Waals surface area contributed by atoms with Crippen molar-refractivity contribution in [2.24, 2.45) is 0 Å². The van der Waals surface area contributed by atoms with E-state index in [2.05, 4.69) is 34.7 Å². The summed E-state index contributed by atoms with van der Waals surface area (Å²) in [6, 6.07) is 10.1. The summed E-state index contributed by atoms with van der Waals surface area (Å²) in [4.78, 5) is 10.8. The molecule has 0 saturated carbocycles. The summed E-state index contributed by atoms with van der Waals surface area (Å²) < 4.78 is 0.321. The second-order valence-corrected chi connectivity index (χ2v) is 4.29. The minimum atomic E-state index is 0.248. The molecule has 0 radical (unpaired) electrons. The zero-order chi connectivity index (χ0) is 8.97. The van der Waals surface area contributed by atoms with Gasteiger partial charge in [0.1, 0.15) is 5.78 Å². The first-order valence-corrected chi connectivity index (χ1v) is 5.13. The normalized spacial score (nSPS) is 12.5. The molecular weight excluding hydrogens is 263 g/mol. The third-order valence-corrected chi connectivity index (χ3v) is 2.79. The lowest BCUT2D eigenvalue weighted by Crippen LogP contribution is -1.96. The lowest BCUT2D eigenvalue weighted by atomic mass is 10.1. The predicted octanol–water partition coefficient (Wildman–Crippen LogP) is 3.14. The van der Waals surface area contributed by atoms with Gasteiger partial charge >= 0.3 is 0 Å². The minimum Gasteiger partial charge on any atom is -0.300 e. The van der Waals surface area contributed by atoms with Gasteiger partial charge in [0.25, 0.3) is 0 Å². The monoisotopic (exact) mass is 274 g/mol. The van der Waals surface area contributed by atoms with Crippen molar-refractivity contribution in [1.82, 2.24) is 0 Å². The lowest BCUT2D eigenvalue weighted by molar-refractivity contribution is -0.116. The summed E-state index contributed by atoms with van der Waals surface area (Å²) in [7, 11) is 0. The van der Waals surface area contributed by atoms with E-state index in [1.165, 1.54) is 5.56 Å². The molecule has 1 rings (SSSR count). The third kappa shape index (κ3) is 2.93. The number of alkyl halides is 1. The SMILES string of the molecule is CC(=O)CC(I)c1ccccc1. The summed E-state index contributed by atoms with van der Waals surface area (Å²) >= 11 is 2.30. The number of halogens is 1. The molecule has 0 aliphatic rings. The van der Waals surface area contributed by atoms with Crippen molar-refractivity contribution in [3.63, 3.8) is 0 Å². The van der Waals surface area contributed by atoms with E-state index in [0.29, 0.717) is 10.3 Å². The number of hydrogen-bond acceptors (Lipinski definition) is 1. The highest BCUT2D eigenvalue weighted by atomic mass is 127. The maximum atomic E-state index is 10.8. The Morgan fingerprint density at radius 2 is 2.00 bits per heavy atom. The highest BCUT2D eigenvalue weighted by Crippen LogP contribution is 2.26. The summed E-state index contributed by atoms with van der Waals surface area (Å²) in [5.74, 6) is 0.248. The van der Waals surface area contributed by atoms with Crippen LogP contribution >= 0.6 is 22.6 Å². The molecule has 0 aliphatic carbocycles. The van der Waals surface area contributed by atoms with E-state index in [0.717, 1.165) is 0 Å². The van der Waals surface area contributed by atoms with Gasteiger partial charge in [-0.05, 0) is 12.5 Å². The molecule has 64 valence electrons. The Morgan fingerprint density at radius 1 is 1.42 bits per heavy atom. The molecule has 0 spiro atoms. The Balaban J connectivity index is 2.65. The van der Waals surface area contributed by atoms with Gasteiger partial charge in [-0.1, -0.05) is 52.9 Å². The first-order chi connectivity index (χ1) is 5.70. The molecule has 0 bridgehead atoms. The van der Waals surface area contributed by atoms with Crippen LogP contribution < -0.4 is 0 Å². The van der Waals surface area contributed by atoms with Crippen molar-refractivity contribution < 1.29 is 4.79 Å². The van der Waals surface area contributed by atoms with E-state index in [1.807, 2.05) is 18.2 Å². The van der Waals surface area contributed by atoms with Crippen molar-refractivity contribution >= 4 is 28.4 Å². The van der Waals surface area contributed by atoms with Gasteiger partial charge in [-0.15, -0.1) is 0 Å². The number of rotatable bonds is 3. The molecule has 12 heavy (non-hydrogen) atoms. The highest BCUT2D eigenvalue weighted by Gasteiger charge is 2.08. The lowest BCUT2D eigenvalue weighted by Gasteiger charge is -2.06. The van der Waals surface area contributed by atoms with Crippen LogP contribution in [0.3, 0.4) is 0 Å². The summed E-state index contributed by atoms with van der Waals surface area (Å²) in [6.07, 6.45) is 0.630. The standard InChI is InChI=1S/C10H11IO/c1-8(12)7-10(11)9-5-3-2-4-6-9/h2-6,10H,7H2,1H3. The van der Waals surface area contributed by atoms with Crippen LogP contribution in [0.5, 0.6) is 0 Å². The van der Waals surface area contributed by atoms with Crippen LogP contribution in [0.1, 0.15) is 22.8 Å². The molecule has 0 aliphatic heterocycles.